The van der Waals surface area contributed by atoms with Crippen molar-refractivity contribution in [2.45, 2.75) is 25.7 Å². The lowest BCUT2D eigenvalue weighted by atomic mass is 10.1. The normalized spacial score (nSPS) is 14.4. The first-order valence-electron chi connectivity index (χ1n) is 7.41. The number of pyridine rings is 1. The average Bonchev–Trinajstić information content (AvgIpc) is 3.05. The second kappa shape index (κ2) is 6.01. The van der Waals surface area contributed by atoms with E-state index in [1.54, 1.807) is 7.11 Å². The summed E-state index contributed by atoms with van der Waals surface area (Å²) in [7, 11) is 1.67. The summed E-state index contributed by atoms with van der Waals surface area (Å²) in [6, 6.07) is 10.3. The van der Waals surface area contributed by atoms with Crippen molar-refractivity contribution in [1.82, 2.24) is 4.98 Å². The molecule has 0 N–H and O–H groups in total. The van der Waals surface area contributed by atoms with E-state index in [9.17, 15) is 0 Å². The number of ether oxygens (including phenoxy) is 1. The molecular weight excluding hydrogens is 262 g/mol. The number of rotatable bonds is 4. The molecule has 0 bridgehead atoms. The molecule has 1 fully saturated rings. The number of fused-ring (bicyclic) bond motifs is 1. The van der Waals surface area contributed by atoms with Crippen LogP contribution in [0.3, 0.4) is 0 Å². The summed E-state index contributed by atoms with van der Waals surface area (Å²) in [6.45, 7) is 2.13. The number of methoxy groups -OCH3 is 1. The van der Waals surface area contributed by atoms with Gasteiger partial charge in [-0.3, -0.25) is 0 Å². The van der Waals surface area contributed by atoms with Crippen molar-refractivity contribution in [3.8, 4) is 11.8 Å². The second-order valence-electron chi connectivity index (χ2n) is 5.38. The second-order valence-corrected chi connectivity index (χ2v) is 5.38. The predicted octanol–water partition coefficient (Wildman–Crippen LogP) is 3.30. The number of hydrogen-bond donors (Lipinski definition) is 0. The van der Waals surface area contributed by atoms with Gasteiger partial charge in [-0.15, -0.1) is 0 Å². The van der Waals surface area contributed by atoms with Gasteiger partial charge >= 0.3 is 0 Å². The fourth-order valence-corrected chi connectivity index (χ4v) is 2.89. The molecule has 2 aromatic rings. The summed E-state index contributed by atoms with van der Waals surface area (Å²) in [6.07, 6.45) is 3.72. The summed E-state index contributed by atoms with van der Waals surface area (Å²) in [5.74, 6) is 1.89. The third-order valence-electron chi connectivity index (χ3n) is 3.99. The Morgan fingerprint density at radius 2 is 2.10 bits per heavy atom. The van der Waals surface area contributed by atoms with Gasteiger partial charge in [0.05, 0.1) is 18.7 Å². The number of nitriles is 1. The summed E-state index contributed by atoms with van der Waals surface area (Å²) in [5, 5.41) is 9.95. The minimum Gasteiger partial charge on any atom is -0.497 e. The maximum absolute atomic E-state index is 8.88. The van der Waals surface area contributed by atoms with Crippen LogP contribution in [0.5, 0.6) is 5.75 Å². The van der Waals surface area contributed by atoms with Crippen LogP contribution in [0.25, 0.3) is 10.9 Å². The fourth-order valence-electron chi connectivity index (χ4n) is 2.89. The lowest BCUT2D eigenvalue weighted by molar-refractivity contribution is 0.415. The van der Waals surface area contributed by atoms with Crippen molar-refractivity contribution in [1.29, 1.82) is 5.26 Å². The molecule has 0 aliphatic carbocycles. The molecule has 4 nitrogen and oxygen atoms in total. The Kier molecular flexibility index (Phi) is 3.92. The van der Waals surface area contributed by atoms with E-state index in [-0.39, 0.29) is 0 Å². The highest BCUT2D eigenvalue weighted by molar-refractivity contribution is 5.83. The molecule has 3 rings (SSSR count). The molecule has 1 aromatic carbocycles. The van der Waals surface area contributed by atoms with Crippen LogP contribution >= 0.6 is 0 Å². The van der Waals surface area contributed by atoms with Crippen molar-refractivity contribution < 1.29 is 4.74 Å². The molecular formula is C17H19N3O. The van der Waals surface area contributed by atoms with Crippen molar-refractivity contribution in [3.05, 3.63) is 29.8 Å². The van der Waals surface area contributed by atoms with E-state index in [0.717, 1.165) is 42.0 Å². The van der Waals surface area contributed by atoms with E-state index in [0.29, 0.717) is 6.42 Å². The van der Waals surface area contributed by atoms with Gasteiger partial charge in [-0.05, 0) is 49.1 Å². The van der Waals surface area contributed by atoms with Crippen LogP contribution in [0, 0.1) is 11.3 Å². The van der Waals surface area contributed by atoms with Crippen molar-refractivity contribution in [2.24, 2.45) is 0 Å². The number of anilines is 1. The highest BCUT2D eigenvalue weighted by Gasteiger charge is 2.18. The molecule has 0 atom stereocenters. The monoisotopic (exact) mass is 281 g/mol. The summed E-state index contributed by atoms with van der Waals surface area (Å²) >= 11 is 0. The molecule has 2 heterocycles. The van der Waals surface area contributed by atoms with Crippen molar-refractivity contribution in [3.63, 3.8) is 0 Å². The number of hydrogen-bond acceptors (Lipinski definition) is 4. The van der Waals surface area contributed by atoms with Crippen molar-refractivity contribution in [2.75, 3.05) is 25.1 Å². The molecule has 0 radical (unpaired) electrons. The average molecular weight is 281 g/mol. The molecule has 0 unspecified atom stereocenters. The molecule has 1 aliphatic rings. The zero-order valence-corrected chi connectivity index (χ0v) is 12.3. The molecule has 0 amide bonds. The minimum absolute atomic E-state index is 0.526. The number of nitrogens with zero attached hydrogens (tertiary/aromatic N) is 3. The van der Waals surface area contributed by atoms with Gasteiger partial charge in [-0.25, -0.2) is 4.98 Å². The first-order chi connectivity index (χ1) is 10.3. The van der Waals surface area contributed by atoms with E-state index in [4.69, 9.17) is 15.0 Å². The third-order valence-corrected chi connectivity index (χ3v) is 3.99. The van der Waals surface area contributed by atoms with Gasteiger partial charge < -0.3 is 9.64 Å². The first-order valence-corrected chi connectivity index (χ1v) is 7.41. The predicted molar refractivity (Wildman–Crippen MR) is 83.7 cm³/mol. The zero-order valence-electron chi connectivity index (χ0n) is 12.3. The lowest BCUT2D eigenvalue weighted by Crippen LogP contribution is -2.20. The summed E-state index contributed by atoms with van der Waals surface area (Å²) in [5.41, 5.74) is 2.15. The Hall–Kier alpha value is -2.28. The van der Waals surface area contributed by atoms with E-state index in [1.165, 1.54) is 18.4 Å². The van der Waals surface area contributed by atoms with Crippen LogP contribution < -0.4 is 9.64 Å². The van der Waals surface area contributed by atoms with Crippen LogP contribution in [0.15, 0.2) is 24.3 Å². The van der Waals surface area contributed by atoms with Crippen molar-refractivity contribution >= 4 is 16.7 Å². The zero-order chi connectivity index (χ0) is 14.7. The smallest absolute Gasteiger partial charge is 0.132 e. The minimum atomic E-state index is 0.526. The van der Waals surface area contributed by atoms with Gasteiger partial charge in [0.1, 0.15) is 11.6 Å². The molecule has 4 heteroatoms. The van der Waals surface area contributed by atoms with E-state index >= 15 is 0 Å². The molecule has 21 heavy (non-hydrogen) atoms. The van der Waals surface area contributed by atoms with Gasteiger partial charge in [0.15, 0.2) is 0 Å². The maximum atomic E-state index is 8.88. The quantitative estimate of drug-likeness (QED) is 0.862. The van der Waals surface area contributed by atoms with Crippen LogP contribution in [0.4, 0.5) is 5.82 Å². The highest BCUT2D eigenvalue weighted by atomic mass is 16.5. The van der Waals surface area contributed by atoms with Gasteiger partial charge in [0, 0.05) is 24.9 Å². The Morgan fingerprint density at radius 3 is 2.81 bits per heavy atom. The molecule has 1 aliphatic heterocycles. The van der Waals surface area contributed by atoms with Gasteiger partial charge in [0.2, 0.25) is 0 Å². The largest absolute Gasteiger partial charge is 0.497 e. The van der Waals surface area contributed by atoms with Crippen LogP contribution in [-0.4, -0.2) is 25.2 Å². The highest BCUT2D eigenvalue weighted by Crippen LogP contribution is 2.29. The Morgan fingerprint density at radius 1 is 1.29 bits per heavy atom. The summed E-state index contributed by atoms with van der Waals surface area (Å²) < 4.78 is 5.28. The summed E-state index contributed by atoms with van der Waals surface area (Å²) in [4.78, 5) is 7.19. The Balaban J connectivity index is 2.07. The number of aromatic nitrogens is 1. The standard InChI is InChI=1S/C17H19N3O/c1-21-15-6-7-16-14(12-15)11-13(5-4-8-18)17(19-16)20-9-2-3-10-20/h6-7,11-12H,2-5,9-10H2,1H3. The Bertz CT molecular complexity index is 684. The fraction of sp³-hybridized carbons (Fsp3) is 0.412. The van der Waals surface area contributed by atoms with E-state index in [2.05, 4.69) is 17.0 Å². The van der Waals surface area contributed by atoms with Gasteiger partial charge in [-0.1, -0.05) is 0 Å². The van der Waals surface area contributed by atoms with Crippen LogP contribution in [0.2, 0.25) is 0 Å². The maximum Gasteiger partial charge on any atom is 0.132 e. The van der Waals surface area contributed by atoms with Gasteiger partial charge in [-0.2, -0.15) is 5.26 Å². The molecule has 108 valence electrons. The molecule has 1 aromatic heterocycles. The lowest BCUT2D eigenvalue weighted by Gasteiger charge is -2.20. The first kappa shape index (κ1) is 13.7. The third kappa shape index (κ3) is 2.78. The molecule has 1 saturated heterocycles. The Labute approximate surface area is 125 Å². The van der Waals surface area contributed by atoms with E-state index < -0.39 is 0 Å². The number of benzene rings is 1. The topological polar surface area (TPSA) is 49.1 Å². The van der Waals surface area contributed by atoms with Gasteiger partial charge in [0.25, 0.3) is 0 Å². The number of aryl methyl sites for hydroxylation is 1. The van der Waals surface area contributed by atoms with Crippen LogP contribution in [-0.2, 0) is 6.42 Å². The van der Waals surface area contributed by atoms with E-state index in [1.807, 2.05) is 18.2 Å². The molecule has 0 spiro atoms. The molecule has 0 saturated carbocycles. The van der Waals surface area contributed by atoms with Crippen LogP contribution in [0.1, 0.15) is 24.8 Å². The SMILES string of the molecule is COc1ccc2nc(N3CCCC3)c(CCC#N)cc2c1.